The van der Waals surface area contributed by atoms with E-state index in [1.807, 2.05) is 41.3 Å². The number of carbonyl (C=O) groups is 4. The van der Waals surface area contributed by atoms with Crippen LogP contribution in [-0.4, -0.2) is 101 Å². The quantitative estimate of drug-likeness (QED) is 0.0958. The summed E-state index contributed by atoms with van der Waals surface area (Å²) in [6, 6.07) is 7.49. The molecule has 2 aromatic rings. The number of hydrogen-bond donors (Lipinski definition) is 3. The number of thiazole rings is 1. The molecule has 298 valence electrons. The van der Waals surface area contributed by atoms with E-state index in [0.717, 1.165) is 23.8 Å². The van der Waals surface area contributed by atoms with Crippen molar-refractivity contribution in [2.75, 3.05) is 31.5 Å². The third-order valence-electron chi connectivity index (χ3n) is 7.63. The number of rotatable bonds is 7. The summed E-state index contributed by atoms with van der Waals surface area (Å²) in [4.78, 5) is 63.2. The van der Waals surface area contributed by atoms with Crippen LogP contribution in [0.25, 0.3) is 11.1 Å². The summed E-state index contributed by atoms with van der Waals surface area (Å²) in [6.45, 7) is 17.4. The predicted molar refractivity (Wildman–Crippen MR) is 215 cm³/mol. The Morgan fingerprint density at radius 1 is 0.821 bits per heavy atom. The number of guanidine groups is 1. The van der Waals surface area contributed by atoms with Crippen LogP contribution in [0.4, 0.5) is 20.1 Å². The minimum Gasteiger partial charge on any atom is -0.0527 e. The van der Waals surface area contributed by atoms with E-state index in [0.29, 0.717) is 54.6 Å². The van der Waals surface area contributed by atoms with E-state index in [4.69, 9.17) is 24.1 Å². The van der Waals surface area contributed by atoms with Crippen LogP contribution in [0, 0.1) is 11.5 Å². The van der Waals surface area contributed by atoms with Crippen LogP contribution in [0.3, 0.4) is 0 Å². The van der Waals surface area contributed by atoms with Gasteiger partial charge in [-0.3, -0.25) is 5.32 Å². The molecule has 0 saturated carbocycles. The maximum absolute atomic E-state index is 13.2. The van der Waals surface area contributed by atoms with Crippen LogP contribution in [0.2, 0.25) is 0 Å². The first-order valence-electron chi connectivity index (χ1n) is 18.0. The first-order valence-corrected chi connectivity index (χ1v) is 18.8. The SMILES string of the molecule is CC(C)(C)OC(=O)N=C(NC(=O)OC(C)(C)C)N1CC=C(c2ccc(NC(=O)c3cnc(C4=CCN(C(=BOC#N)NC(=O)OC(C)(C)C)CC4)s3)cc2)CC1. The van der Waals surface area contributed by atoms with Gasteiger partial charge in [-0.1, -0.05) is 18.2 Å². The van der Waals surface area contributed by atoms with Crippen LogP contribution in [0.1, 0.15) is 95.4 Å². The number of nitrogens with zero attached hydrogens (tertiary/aromatic N) is 5. The molecule has 56 heavy (non-hydrogen) atoms. The Morgan fingerprint density at radius 2 is 1.39 bits per heavy atom. The average Bonchev–Trinajstić information content (AvgIpc) is 3.59. The zero-order valence-corrected chi connectivity index (χ0v) is 34.1. The molecule has 16 nitrogen and oxygen atoms in total. The smallest absolute Gasteiger partial charge is 0.0527 e. The minimum absolute atomic E-state index is 0.0378. The Morgan fingerprint density at radius 3 is 1.95 bits per heavy atom. The number of hydrogen-bond acceptors (Lipinski definition) is 12. The van der Waals surface area contributed by atoms with Crippen molar-refractivity contribution >= 4 is 71.2 Å². The Bertz CT molecular complexity index is 1950. The number of nitriles is 1. The third kappa shape index (κ3) is 13.9. The Hall–Kier alpha value is -5.70. The molecule has 0 unspecified atom stereocenters. The molecule has 0 radical (unpaired) electrons. The summed E-state index contributed by atoms with van der Waals surface area (Å²) in [7, 11) is 1.16. The molecule has 4 rings (SSSR count). The summed E-state index contributed by atoms with van der Waals surface area (Å²) in [5.74, 6) is -0.252. The van der Waals surface area contributed by atoms with Gasteiger partial charge in [0.1, 0.15) is 11.2 Å². The van der Waals surface area contributed by atoms with Crippen LogP contribution in [0.15, 0.2) is 47.6 Å². The van der Waals surface area contributed by atoms with Gasteiger partial charge in [-0.05, 0) is 59.1 Å². The number of anilines is 1. The van der Waals surface area contributed by atoms with Crippen molar-refractivity contribution in [3.05, 3.63) is 58.1 Å². The molecular weight excluding hydrogens is 739 g/mol. The van der Waals surface area contributed by atoms with Crippen molar-refractivity contribution in [1.29, 1.82) is 5.26 Å². The molecule has 0 bridgehead atoms. The molecule has 2 aliphatic heterocycles. The molecule has 18 heteroatoms. The number of benzene rings is 1. The van der Waals surface area contributed by atoms with E-state index in [9.17, 15) is 19.2 Å². The standard InChI is InChI=1S/C38H49BN8O8S/c1-36(2,3)53-33(49)43-31(39-52-23-40)46-18-16-26(17-19-46)30-41-22-28(56-30)29(48)42-27-12-10-24(11-13-27)25-14-20-47(21-15-25)32(44-34(50)54-37(4,5)6)45-35(51)55-38(7,8)9/h10-14,16,22H,15,17-21H2,1-9H3,(H,42,48)(H,43,49)(H,44,45,50,51). The molecule has 0 atom stereocenters. The molecule has 1 aromatic carbocycles. The van der Waals surface area contributed by atoms with Crippen molar-refractivity contribution in [2.24, 2.45) is 4.99 Å². The topological polar surface area (TPSA) is 197 Å². The molecule has 0 spiro atoms. The van der Waals surface area contributed by atoms with Gasteiger partial charge < -0.3 is 14.4 Å². The first kappa shape index (κ1) is 43.0. The molecule has 1 aromatic heterocycles. The number of nitrogens with one attached hydrogen (secondary N) is 3. The first-order chi connectivity index (χ1) is 26.2. The second-order valence-corrected chi connectivity index (χ2v) is 16.8. The predicted octanol–water partition coefficient (Wildman–Crippen LogP) is 6.12. The molecule has 3 N–H and O–H groups in total. The minimum atomic E-state index is -0.828. The van der Waals surface area contributed by atoms with Crippen LogP contribution in [0.5, 0.6) is 0 Å². The summed E-state index contributed by atoms with van der Waals surface area (Å²) in [5.41, 5.74) is 1.67. The van der Waals surface area contributed by atoms with Gasteiger partial charge in [0, 0.05) is 13.1 Å². The monoisotopic (exact) mass is 788 g/mol. The summed E-state index contributed by atoms with van der Waals surface area (Å²) in [6.07, 6.45) is 5.99. The zero-order valence-electron chi connectivity index (χ0n) is 33.3. The van der Waals surface area contributed by atoms with Gasteiger partial charge in [0.2, 0.25) is 5.96 Å². The van der Waals surface area contributed by atoms with Crippen molar-refractivity contribution < 1.29 is 38.0 Å². The molecule has 4 amide bonds. The number of alkyl carbamates (subject to hydrolysis) is 2. The molecule has 2 aliphatic rings. The molecule has 0 saturated heterocycles. The maximum atomic E-state index is 13.2. The van der Waals surface area contributed by atoms with Gasteiger partial charge >= 0.3 is 191 Å². The van der Waals surface area contributed by atoms with Crippen molar-refractivity contribution in [3.63, 3.8) is 0 Å². The van der Waals surface area contributed by atoms with E-state index in [1.54, 1.807) is 79.7 Å². The van der Waals surface area contributed by atoms with Gasteiger partial charge in [0.05, 0.1) is 0 Å². The van der Waals surface area contributed by atoms with Crippen molar-refractivity contribution in [2.45, 2.75) is 92.0 Å². The van der Waals surface area contributed by atoms with Gasteiger partial charge in [-0.2, -0.15) is 0 Å². The van der Waals surface area contributed by atoms with E-state index in [-0.39, 0.29) is 17.6 Å². The summed E-state index contributed by atoms with van der Waals surface area (Å²) < 4.78 is 20.8. The van der Waals surface area contributed by atoms with Gasteiger partial charge in [0.25, 0.3) is 0 Å². The van der Waals surface area contributed by atoms with Gasteiger partial charge in [0.15, 0.2) is 0 Å². The van der Waals surface area contributed by atoms with Crippen molar-refractivity contribution in [3.8, 4) is 6.26 Å². The average molecular weight is 789 g/mol. The summed E-state index contributed by atoms with van der Waals surface area (Å²) in [5, 5.41) is 17.8. The van der Waals surface area contributed by atoms with E-state index >= 15 is 0 Å². The normalized spacial score (nSPS) is 15.3. The Labute approximate surface area is 331 Å². The fraction of sp³-hybridized carbons (Fsp3) is 0.474. The van der Waals surface area contributed by atoms with Crippen LogP contribution < -0.4 is 16.0 Å². The van der Waals surface area contributed by atoms with E-state index in [2.05, 4.69) is 25.9 Å². The molecule has 3 heterocycles. The number of aromatic nitrogens is 1. The summed E-state index contributed by atoms with van der Waals surface area (Å²) >= 11 is 1.28. The Balaban J connectivity index is 1.36. The second kappa shape index (κ2) is 18.3. The third-order valence-corrected chi connectivity index (χ3v) is 8.70. The molecule has 0 aliphatic carbocycles. The number of amides is 4. The van der Waals surface area contributed by atoms with Gasteiger partial charge in [-0.15, -0.1) is 4.99 Å². The number of aliphatic imine (C=N–C) groups is 1. The molecular formula is C38H49BN8O8S. The fourth-order valence-corrected chi connectivity index (χ4v) is 6.19. The Kier molecular flexibility index (Phi) is 14.1. The zero-order chi connectivity index (χ0) is 41.3. The number of ether oxygens (including phenoxy) is 3. The fourth-order valence-electron chi connectivity index (χ4n) is 5.31. The van der Waals surface area contributed by atoms with Crippen LogP contribution in [-0.2, 0) is 18.9 Å². The van der Waals surface area contributed by atoms with Crippen LogP contribution >= 0.6 is 11.3 Å². The van der Waals surface area contributed by atoms with E-state index in [1.165, 1.54) is 11.3 Å². The van der Waals surface area contributed by atoms with Crippen molar-refractivity contribution in [1.82, 2.24) is 25.4 Å². The van der Waals surface area contributed by atoms with Gasteiger partial charge in [-0.25, -0.2) is 9.59 Å². The number of carbonyl (C=O) groups excluding carboxylic acids is 4. The molecule has 0 fully saturated rings. The van der Waals surface area contributed by atoms with E-state index < -0.39 is 35.1 Å². The second-order valence-electron chi connectivity index (χ2n) is 15.8.